The number of hydrogen-bond donors (Lipinski definition) is 1. The van der Waals surface area contributed by atoms with Crippen LogP contribution in [0.15, 0.2) is 23.3 Å². The lowest BCUT2D eigenvalue weighted by Crippen LogP contribution is -2.55. The van der Waals surface area contributed by atoms with Gasteiger partial charge >= 0.3 is 0 Å². The maximum atomic E-state index is 11.6. The largest absolute Gasteiger partial charge is 0.483 e. The highest BCUT2D eigenvalue weighted by molar-refractivity contribution is 6.09. The number of carbonyl (C=O) groups is 1. The summed E-state index contributed by atoms with van der Waals surface area (Å²) in [5, 5.41) is 4.03. The van der Waals surface area contributed by atoms with E-state index < -0.39 is 0 Å². The molecule has 2 aliphatic heterocycles. The van der Waals surface area contributed by atoms with Crippen LogP contribution in [0.2, 0.25) is 0 Å². The van der Waals surface area contributed by atoms with Gasteiger partial charge in [0.25, 0.3) is 5.91 Å². The highest BCUT2D eigenvalue weighted by Gasteiger charge is 2.34. The first-order chi connectivity index (χ1) is 8.16. The zero-order chi connectivity index (χ0) is 12.0. The normalized spacial score (nSPS) is 22.0. The number of hydrazone groups is 1. The predicted octanol–water partition coefficient (Wildman–Crippen LogP) is 1.03. The number of nitrogens with zero attached hydrogens (tertiary/aromatic N) is 2. The van der Waals surface area contributed by atoms with Gasteiger partial charge in [0.2, 0.25) is 0 Å². The minimum atomic E-state index is -0.257. The summed E-state index contributed by atoms with van der Waals surface area (Å²) in [4.78, 5) is 13.6. The van der Waals surface area contributed by atoms with Crippen molar-refractivity contribution in [3.8, 4) is 5.75 Å². The third-order valence-electron chi connectivity index (χ3n) is 3.07. The SMILES string of the molecule is Cc1ccc2c(c1)N1C(=NNC(=O)C1C)CO2. The van der Waals surface area contributed by atoms with E-state index in [0.717, 1.165) is 22.8 Å². The number of ether oxygens (including phenoxy) is 1. The molecule has 2 aliphatic rings. The molecule has 2 heterocycles. The molecule has 5 nitrogen and oxygen atoms in total. The fourth-order valence-corrected chi connectivity index (χ4v) is 2.14. The smallest absolute Gasteiger partial charge is 0.262 e. The molecule has 1 unspecified atom stereocenters. The number of nitrogens with one attached hydrogen (secondary N) is 1. The van der Waals surface area contributed by atoms with Crippen molar-refractivity contribution in [2.75, 3.05) is 11.5 Å². The Kier molecular flexibility index (Phi) is 2.07. The fraction of sp³-hybridized carbons (Fsp3) is 0.333. The van der Waals surface area contributed by atoms with Crippen LogP contribution in [0.4, 0.5) is 5.69 Å². The Morgan fingerprint density at radius 1 is 1.53 bits per heavy atom. The van der Waals surface area contributed by atoms with Crippen LogP contribution >= 0.6 is 0 Å². The van der Waals surface area contributed by atoms with E-state index in [1.165, 1.54) is 0 Å². The standard InChI is InChI=1S/C12H13N3O2/c1-7-3-4-10-9(5-7)15-8(2)12(16)14-13-11(15)6-17-10/h3-5,8H,6H2,1-2H3,(H,14,16). The maximum absolute atomic E-state index is 11.6. The van der Waals surface area contributed by atoms with E-state index in [0.29, 0.717) is 6.61 Å². The third-order valence-corrected chi connectivity index (χ3v) is 3.07. The van der Waals surface area contributed by atoms with Crippen molar-refractivity contribution >= 4 is 17.4 Å². The maximum Gasteiger partial charge on any atom is 0.262 e. The molecule has 1 N–H and O–H groups in total. The topological polar surface area (TPSA) is 53.9 Å². The molecule has 0 spiro atoms. The molecular weight excluding hydrogens is 218 g/mol. The molecule has 1 amide bonds. The summed E-state index contributed by atoms with van der Waals surface area (Å²) in [5.41, 5.74) is 4.55. The van der Waals surface area contributed by atoms with Crippen LogP contribution in [0, 0.1) is 6.92 Å². The lowest BCUT2D eigenvalue weighted by atomic mass is 10.1. The predicted molar refractivity (Wildman–Crippen MR) is 64.2 cm³/mol. The molecule has 0 saturated heterocycles. The van der Waals surface area contributed by atoms with Gasteiger partial charge < -0.3 is 9.64 Å². The van der Waals surface area contributed by atoms with Gasteiger partial charge in [0.05, 0.1) is 5.69 Å². The number of fused-ring (bicyclic) bond motifs is 3. The molecule has 0 saturated carbocycles. The van der Waals surface area contributed by atoms with Crippen molar-refractivity contribution in [2.45, 2.75) is 19.9 Å². The summed E-state index contributed by atoms with van der Waals surface area (Å²) in [5.74, 6) is 1.45. The van der Waals surface area contributed by atoms with Crippen molar-refractivity contribution in [3.63, 3.8) is 0 Å². The summed E-state index contributed by atoms with van der Waals surface area (Å²) in [6, 6.07) is 5.68. The summed E-state index contributed by atoms with van der Waals surface area (Å²) in [6.07, 6.45) is 0. The Hall–Kier alpha value is -2.04. The molecule has 1 atom stereocenters. The summed E-state index contributed by atoms with van der Waals surface area (Å²) < 4.78 is 5.61. The number of amides is 1. The van der Waals surface area contributed by atoms with E-state index in [4.69, 9.17) is 4.74 Å². The van der Waals surface area contributed by atoms with Crippen molar-refractivity contribution in [2.24, 2.45) is 5.10 Å². The second-order valence-electron chi connectivity index (χ2n) is 4.31. The summed E-state index contributed by atoms with van der Waals surface area (Å²) in [7, 11) is 0. The highest BCUT2D eigenvalue weighted by atomic mass is 16.5. The molecule has 0 bridgehead atoms. The first kappa shape index (κ1) is 10.1. The van der Waals surface area contributed by atoms with Gasteiger partial charge in [-0.25, -0.2) is 5.43 Å². The van der Waals surface area contributed by atoms with Gasteiger partial charge in [-0.2, -0.15) is 5.10 Å². The van der Waals surface area contributed by atoms with Gasteiger partial charge in [-0.15, -0.1) is 0 Å². The molecule has 3 rings (SSSR count). The number of carbonyl (C=O) groups excluding carboxylic acids is 1. The van der Waals surface area contributed by atoms with Crippen molar-refractivity contribution in [1.29, 1.82) is 0 Å². The van der Waals surface area contributed by atoms with Gasteiger partial charge in [0.15, 0.2) is 5.84 Å². The van der Waals surface area contributed by atoms with Crippen LogP contribution in [0.1, 0.15) is 12.5 Å². The molecule has 0 aromatic heterocycles. The van der Waals surface area contributed by atoms with Crippen molar-refractivity contribution < 1.29 is 9.53 Å². The highest BCUT2D eigenvalue weighted by Crippen LogP contribution is 2.35. The molecule has 88 valence electrons. The second-order valence-corrected chi connectivity index (χ2v) is 4.31. The van der Waals surface area contributed by atoms with Crippen molar-refractivity contribution in [1.82, 2.24) is 5.43 Å². The summed E-state index contributed by atoms with van der Waals surface area (Å²) >= 11 is 0. The Labute approximate surface area is 99.1 Å². The Bertz CT molecular complexity index is 524. The number of hydrogen-bond acceptors (Lipinski definition) is 4. The molecule has 5 heteroatoms. The third kappa shape index (κ3) is 1.46. The lowest BCUT2D eigenvalue weighted by molar-refractivity contribution is -0.122. The van der Waals surface area contributed by atoms with Crippen LogP contribution in [0.3, 0.4) is 0 Å². The van der Waals surface area contributed by atoms with E-state index in [2.05, 4.69) is 10.5 Å². The van der Waals surface area contributed by atoms with E-state index >= 15 is 0 Å². The molecule has 0 aliphatic carbocycles. The van der Waals surface area contributed by atoms with Gasteiger partial charge in [-0.1, -0.05) is 6.07 Å². The number of amidine groups is 1. The lowest BCUT2D eigenvalue weighted by Gasteiger charge is -2.38. The van der Waals surface area contributed by atoms with Gasteiger partial charge in [0, 0.05) is 0 Å². The van der Waals surface area contributed by atoms with Gasteiger partial charge in [-0.05, 0) is 31.5 Å². The Morgan fingerprint density at radius 2 is 2.35 bits per heavy atom. The zero-order valence-corrected chi connectivity index (χ0v) is 9.73. The monoisotopic (exact) mass is 231 g/mol. The van der Waals surface area contributed by atoms with Crippen LogP contribution in [0.5, 0.6) is 5.75 Å². The van der Waals surface area contributed by atoms with E-state index in [9.17, 15) is 4.79 Å². The first-order valence-electron chi connectivity index (χ1n) is 5.56. The summed E-state index contributed by atoms with van der Waals surface area (Å²) in [6.45, 7) is 4.27. The quantitative estimate of drug-likeness (QED) is 0.725. The van der Waals surface area contributed by atoms with Crippen LogP contribution < -0.4 is 15.1 Å². The van der Waals surface area contributed by atoms with Crippen LogP contribution in [0.25, 0.3) is 0 Å². The number of benzene rings is 1. The van der Waals surface area contributed by atoms with E-state index in [-0.39, 0.29) is 11.9 Å². The molecule has 17 heavy (non-hydrogen) atoms. The number of rotatable bonds is 0. The minimum Gasteiger partial charge on any atom is -0.483 e. The first-order valence-corrected chi connectivity index (χ1v) is 5.56. The van der Waals surface area contributed by atoms with Crippen LogP contribution in [-0.2, 0) is 4.79 Å². The molecule has 1 aromatic carbocycles. The van der Waals surface area contributed by atoms with Gasteiger partial charge in [0.1, 0.15) is 18.4 Å². The average molecular weight is 231 g/mol. The Balaban J connectivity index is 2.14. The van der Waals surface area contributed by atoms with Gasteiger partial charge in [-0.3, -0.25) is 4.79 Å². The van der Waals surface area contributed by atoms with Crippen LogP contribution in [-0.4, -0.2) is 24.4 Å². The van der Waals surface area contributed by atoms with Crippen molar-refractivity contribution in [3.05, 3.63) is 23.8 Å². The fourth-order valence-electron chi connectivity index (χ4n) is 2.14. The second kappa shape index (κ2) is 3.48. The zero-order valence-electron chi connectivity index (χ0n) is 9.73. The van der Waals surface area contributed by atoms with E-state index in [1.807, 2.05) is 36.9 Å². The van der Waals surface area contributed by atoms with E-state index in [1.54, 1.807) is 0 Å². The minimum absolute atomic E-state index is 0.0943. The number of anilines is 1. The molecule has 0 radical (unpaired) electrons. The molecule has 0 fully saturated rings. The number of aryl methyl sites for hydroxylation is 1. The average Bonchev–Trinajstić information content (AvgIpc) is 2.33. The molecular formula is C12H13N3O2. The Morgan fingerprint density at radius 3 is 3.18 bits per heavy atom. The molecule has 1 aromatic rings.